The molecule has 0 spiro atoms. The molecule has 0 fully saturated rings. The number of amides is 1. The van der Waals surface area contributed by atoms with E-state index >= 15 is 0 Å². The molecule has 0 saturated heterocycles. The number of anilines is 1. The molecule has 0 bridgehead atoms. The number of carbonyl (C=O) groups excluding carboxylic acids is 1. The average molecular weight is 270 g/mol. The number of hydrogen-bond acceptors (Lipinski definition) is 3. The maximum atomic E-state index is 12.3. The van der Waals surface area contributed by atoms with Crippen LogP contribution in [0, 0.1) is 0 Å². The third-order valence-electron chi connectivity index (χ3n) is 3.07. The molecule has 3 N–H and O–H groups in total. The second-order valence-electron chi connectivity index (χ2n) is 4.38. The van der Waals surface area contributed by atoms with Gasteiger partial charge in [-0.3, -0.25) is 4.79 Å². The Morgan fingerprint density at radius 3 is 2.45 bits per heavy atom. The number of rotatable bonds is 5. The summed E-state index contributed by atoms with van der Waals surface area (Å²) >= 11 is 0. The molecule has 0 aliphatic heterocycles. The van der Waals surface area contributed by atoms with Crippen LogP contribution in [0.1, 0.15) is 17.2 Å². The van der Waals surface area contributed by atoms with E-state index in [1.165, 1.54) is 7.11 Å². The number of ether oxygens (including phenoxy) is 1. The van der Waals surface area contributed by atoms with Crippen molar-refractivity contribution in [2.75, 3.05) is 12.4 Å². The summed E-state index contributed by atoms with van der Waals surface area (Å²) in [7, 11) is 1.52. The van der Waals surface area contributed by atoms with Crippen LogP contribution in [0.3, 0.4) is 0 Å². The van der Waals surface area contributed by atoms with Crippen LogP contribution in [-0.4, -0.2) is 13.0 Å². The highest BCUT2D eigenvalue weighted by Crippen LogP contribution is 2.20. The van der Waals surface area contributed by atoms with Crippen molar-refractivity contribution in [2.45, 2.75) is 12.6 Å². The van der Waals surface area contributed by atoms with E-state index in [4.69, 9.17) is 10.5 Å². The van der Waals surface area contributed by atoms with Crippen LogP contribution < -0.4 is 11.1 Å². The van der Waals surface area contributed by atoms with E-state index in [1.807, 2.05) is 54.6 Å². The molecule has 20 heavy (non-hydrogen) atoms. The van der Waals surface area contributed by atoms with E-state index in [2.05, 4.69) is 5.32 Å². The Balaban J connectivity index is 2.18. The van der Waals surface area contributed by atoms with Crippen LogP contribution in [0.5, 0.6) is 0 Å². The number of hydrogen-bond donors (Lipinski definition) is 2. The van der Waals surface area contributed by atoms with Gasteiger partial charge in [0, 0.05) is 19.3 Å². The predicted octanol–water partition coefficient (Wildman–Crippen LogP) is 2.47. The summed E-state index contributed by atoms with van der Waals surface area (Å²) < 4.78 is 5.30. The maximum Gasteiger partial charge on any atom is 0.258 e. The van der Waals surface area contributed by atoms with Gasteiger partial charge < -0.3 is 15.8 Å². The quantitative estimate of drug-likeness (QED) is 0.877. The molecule has 2 rings (SSSR count). The number of carbonyl (C=O) groups is 1. The molecular weight excluding hydrogens is 252 g/mol. The van der Waals surface area contributed by atoms with Gasteiger partial charge in [-0.05, 0) is 17.2 Å². The minimum absolute atomic E-state index is 0.209. The lowest BCUT2D eigenvalue weighted by Crippen LogP contribution is -2.23. The normalized spacial score (nSPS) is 11.9. The van der Waals surface area contributed by atoms with Crippen molar-refractivity contribution in [3.8, 4) is 0 Å². The Bertz CT molecular complexity index is 570. The van der Waals surface area contributed by atoms with Crippen molar-refractivity contribution >= 4 is 11.6 Å². The van der Waals surface area contributed by atoms with Gasteiger partial charge in [-0.25, -0.2) is 0 Å². The van der Waals surface area contributed by atoms with Crippen molar-refractivity contribution < 1.29 is 9.53 Å². The monoisotopic (exact) mass is 270 g/mol. The van der Waals surface area contributed by atoms with Crippen LogP contribution in [0.15, 0.2) is 54.6 Å². The molecule has 104 valence electrons. The fourth-order valence-electron chi connectivity index (χ4n) is 2.04. The molecular formula is C16H18N2O2. The van der Waals surface area contributed by atoms with Crippen LogP contribution in [0.25, 0.3) is 0 Å². The van der Waals surface area contributed by atoms with Gasteiger partial charge in [0.05, 0.1) is 0 Å². The lowest BCUT2D eigenvalue weighted by atomic mass is 10.1. The van der Waals surface area contributed by atoms with Crippen molar-refractivity contribution in [1.82, 2.24) is 0 Å². The Kier molecular flexibility index (Phi) is 4.87. The fraction of sp³-hybridized carbons (Fsp3) is 0.188. The van der Waals surface area contributed by atoms with Crippen molar-refractivity contribution in [3.63, 3.8) is 0 Å². The molecule has 0 aromatic heterocycles. The lowest BCUT2D eigenvalue weighted by molar-refractivity contribution is -0.126. The molecule has 0 saturated carbocycles. The third kappa shape index (κ3) is 3.23. The lowest BCUT2D eigenvalue weighted by Gasteiger charge is -2.17. The minimum atomic E-state index is -0.637. The van der Waals surface area contributed by atoms with E-state index in [0.717, 1.165) is 16.8 Å². The van der Waals surface area contributed by atoms with Crippen LogP contribution in [-0.2, 0) is 16.1 Å². The van der Waals surface area contributed by atoms with Crippen LogP contribution in [0.2, 0.25) is 0 Å². The number of benzene rings is 2. The highest BCUT2D eigenvalue weighted by molar-refractivity contribution is 5.95. The van der Waals surface area contributed by atoms with Gasteiger partial charge in [0.25, 0.3) is 5.91 Å². The molecule has 1 amide bonds. The van der Waals surface area contributed by atoms with Gasteiger partial charge >= 0.3 is 0 Å². The summed E-state index contributed by atoms with van der Waals surface area (Å²) in [4.78, 5) is 12.3. The Labute approximate surface area is 118 Å². The second kappa shape index (κ2) is 6.84. The summed E-state index contributed by atoms with van der Waals surface area (Å²) in [6.45, 7) is 0.374. The van der Waals surface area contributed by atoms with Crippen molar-refractivity contribution in [2.24, 2.45) is 5.73 Å². The average Bonchev–Trinajstić information content (AvgIpc) is 2.49. The zero-order chi connectivity index (χ0) is 14.4. The van der Waals surface area contributed by atoms with Crippen LogP contribution >= 0.6 is 0 Å². The van der Waals surface area contributed by atoms with Crippen molar-refractivity contribution in [3.05, 3.63) is 65.7 Å². The topological polar surface area (TPSA) is 64.3 Å². The summed E-state index contributed by atoms with van der Waals surface area (Å²) in [6, 6.07) is 16.9. The molecule has 1 unspecified atom stereocenters. The SMILES string of the molecule is COC(C(=O)Nc1ccccc1CN)c1ccccc1. The number of para-hydroxylation sites is 1. The first-order valence-electron chi connectivity index (χ1n) is 6.43. The third-order valence-corrected chi connectivity index (χ3v) is 3.07. The van der Waals surface area contributed by atoms with Gasteiger partial charge in [-0.1, -0.05) is 48.5 Å². The smallest absolute Gasteiger partial charge is 0.258 e. The van der Waals surface area contributed by atoms with E-state index < -0.39 is 6.10 Å². The molecule has 4 heteroatoms. The molecule has 2 aromatic rings. The van der Waals surface area contributed by atoms with Crippen LogP contribution in [0.4, 0.5) is 5.69 Å². The van der Waals surface area contributed by atoms with Crippen molar-refractivity contribution in [1.29, 1.82) is 0 Å². The summed E-state index contributed by atoms with van der Waals surface area (Å²) in [5.74, 6) is -0.209. The number of nitrogens with two attached hydrogens (primary N) is 1. The maximum absolute atomic E-state index is 12.3. The molecule has 0 radical (unpaired) electrons. The fourth-order valence-corrected chi connectivity index (χ4v) is 2.04. The first kappa shape index (κ1) is 14.2. The zero-order valence-electron chi connectivity index (χ0n) is 11.4. The zero-order valence-corrected chi connectivity index (χ0v) is 11.4. The molecule has 4 nitrogen and oxygen atoms in total. The van der Waals surface area contributed by atoms with Gasteiger partial charge in [-0.15, -0.1) is 0 Å². The second-order valence-corrected chi connectivity index (χ2v) is 4.38. The van der Waals surface area contributed by atoms with E-state index in [-0.39, 0.29) is 5.91 Å². The number of methoxy groups -OCH3 is 1. The minimum Gasteiger partial charge on any atom is -0.367 e. The highest BCUT2D eigenvalue weighted by atomic mass is 16.5. The molecule has 1 atom stereocenters. The predicted molar refractivity (Wildman–Crippen MR) is 79.2 cm³/mol. The van der Waals surface area contributed by atoms with E-state index in [0.29, 0.717) is 6.54 Å². The van der Waals surface area contributed by atoms with Gasteiger partial charge in [0.2, 0.25) is 0 Å². The van der Waals surface area contributed by atoms with Gasteiger partial charge in [0.1, 0.15) is 0 Å². The largest absolute Gasteiger partial charge is 0.367 e. The van der Waals surface area contributed by atoms with Gasteiger partial charge in [0.15, 0.2) is 6.10 Å². The number of nitrogens with one attached hydrogen (secondary N) is 1. The van der Waals surface area contributed by atoms with Gasteiger partial charge in [-0.2, -0.15) is 0 Å². The molecule has 0 aliphatic carbocycles. The molecule has 2 aromatic carbocycles. The first-order chi connectivity index (χ1) is 9.76. The Morgan fingerprint density at radius 2 is 1.80 bits per heavy atom. The highest BCUT2D eigenvalue weighted by Gasteiger charge is 2.20. The Hall–Kier alpha value is -2.17. The summed E-state index contributed by atoms with van der Waals surface area (Å²) in [5, 5.41) is 2.87. The molecule has 0 aliphatic rings. The molecule has 0 heterocycles. The standard InChI is InChI=1S/C16H18N2O2/c1-20-15(12-7-3-2-4-8-12)16(19)18-14-10-6-5-9-13(14)11-17/h2-10,15H,11,17H2,1H3,(H,18,19). The summed E-state index contributed by atoms with van der Waals surface area (Å²) in [6.07, 6.45) is -0.637. The van der Waals surface area contributed by atoms with E-state index in [1.54, 1.807) is 0 Å². The Morgan fingerprint density at radius 1 is 1.15 bits per heavy atom. The van der Waals surface area contributed by atoms with E-state index in [9.17, 15) is 4.79 Å². The summed E-state index contributed by atoms with van der Waals surface area (Å²) in [5.41, 5.74) is 8.09. The first-order valence-corrected chi connectivity index (χ1v) is 6.43.